The van der Waals surface area contributed by atoms with Gasteiger partial charge in [-0.15, -0.1) is 0 Å². The minimum absolute atomic E-state index is 0.0124. The zero-order valence-corrected chi connectivity index (χ0v) is 22.2. The second-order valence-corrected chi connectivity index (χ2v) is 10.4. The second-order valence-electron chi connectivity index (χ2n) is 10.0. The van der Waals surface area contributed by atoms with E-state index in [0.29, 0.717) is 44.6 Å². The third kappa shape index (κ3) is 4.56. The molecule has 11 heteroatoms. The number of phenolic OH excluding ortho intramolecular Hbond substituents is 1. The molecular weight excluding hydrogens is 513 g/mol. The lowest BCUT2D eigenvalue weighted by molar-refractivity contribution is -0.128. The van der Waals surface area contributed by atoms with Gasteiger partial charge in [0.2, 0.25) is 5.91 Å². The van der Waals surface area contributed by atoms with E-state index in [1.54, 1.807) is 9.80 Å². The summed E-state index contributed by atoms with van der Waals surface area (Å²) in [5.41, 5.74) is 0.0835. The molecule has 1 atom stereocenters. The van der Waals surface area contributed by atoms with Crippen molar-refractivity contribution in [2.75, 3.05) is 57.3 Å². The molecule has 1 aromatic heterocycles. The number of benzene rings is 1. The van der Waals surface area contributed by atoms with Gasteiger partial charge in [0.1, 0.15) is 40.3 Å². The van der Waals surface area contributed by atoms with Crippen molar-refractivity contribution in [3.8, 4) is 22.8 Å². The molecule has 0 bridgehead atoms. The smallest absolute Gasteiger partial charge is 0.261 e. The molecule has 2 amide bonds. The Kier molecular flexibility index (Phi) is 7.19. The average Bonchev–Trinajstić information content (AvgIpc) is 3.06. The zero-order valence-electron chi connectivity index (χ0n) is 21.5. The number of halogens is 2. The number of phenols is 1. The number of rotatable bonds is 4. The van der Waals surface area contributed by atoms with Crippen molar-refractivity contribution in [2.24, 2.45) is 0 Å². The van der Waals surface area contributed by atoms with E-state index < -0.39 is 11.9 Å². The first kappa shape index (κ1) is 26.2. The maximum atomic E-state index is 15.0. The molecule has 0 spiro atoms. The molecule has 2 fully saturated rings. The van der Waals surface area contributed by atoms with Crippen LogP contribution >= 0.6 is 11.6 Å². The summed E-state index contributed by atoms with van der Waals surface area (Å²) in [6.45, 7) is 11.6. The minimum atomic E-state index is -0.689. The number of hydrogen-bond donors (Lipinski definition) is 1. The van der Waals surface area contributed by atoms with Crippen molar-refractivity contribution in [2.45, 2.75) is 25.9 Å². The van der Waals surface area contributed by atoms with Crippen LogP contribution in [0.15, 0.2) is 30.9 Å². The highest BCUT2D eigenvalue weighted by molar-refractivity contribution is 6.35. The van der Waals surface area contributed by atoms with Gasteiger partial charge in [-0.1, -0.05) is 24.2 Å². The summed E-state index contributed by atoms with van der Waals surface area (Å²) in [5, 5.41) is 10.5. The summed E-state index contributed by atoms with van der Waals surface area (Å²) in [6.07, 6.45) is 1.26. The molecule has 9 nitrogen and oxygen atoms in total. The molecule has 3 aliphatic rings. The van der Waals surface area contributed by atoms with Crippen LogP contribution in [-0.4, -0.2) is 101 Å². The van der Waals surface area contributed by atoms with Gasteiger partial charge in [-0.05, 0) is 32.1 Å². The predicted octanol–water partition coefficient (Wildman–Crippen LogP) is 3.01. The molecule has 1 aromatic carbocycles. The fraction of sp³-hybridized carbons (Fsp3) is 0.444. The molecule has 3 aliphatic heterocycles. The number of aromatic hydroxyl groups is 1. The fourth-order valence-electron chi connectivity index (χ4n) is 5.37. The lowest BCUT2D eigenvalue weighted by Gasteiger charge is -2.40. The number of carbonyl (C=O) groups is 2. The van der Waals surface area contributed by atoms with Gasteiger partial charge in [0.05, 0.1) is 11.6 Å². The Bertz CT molecular complexity index is 1260. The van der Waals surface area contributed by atoms with Crippen LogP contribution in [0.1, 0.15) is 24.2 Å². The first-order valence-corrected chi connectivity index (χ1v) is 13.1. The molecule has 0 radical (unpaired) electrons. The van der Waals surface area contributed by atoms with Gasteiger partial charge in [-0.3, -0.25) is 14.5 Å². The maximum absolute atomic E-state index is 15.0. The van der Waals surface area contributed by atoms with Crippen LogP contribution in [0.5, 0.6) is 11.5 Å². The SMILES string of the molecule is C=CC(=O)N1CCN2C(=O)c3c(N4CCN(C(C)C)CC4)nc(-c4c(O)cccc4F)c(Cl)c3OC[C@H]2C1. The quantitative estimate of drug-likeness (QED) is 0.593. The van der Waals surface area contributed by atoms with Crippen molar-refractivity contribution >= 4 is 29.2 Å². The van der Waals surface area contributed by atoms with Crippen molar-refractivity contribution in [3.63, 3.8) is 0 Å². The van der Waals surface area contributed by atoms with Crippen LogP contribution in [0, 0.1) is 5.82 Å². The Balaban J connectivity index is 1.62. The number of anilines is 1. The third-order valence-electron chi connectivity index (χ3n) is 7.51. The average molecular weight is 544 g/mol. The third-order valence-corrected chi connectivity index (χ3v) is 7.86. The molecule has 0 aliphatic carbocycles. The Morgan fingerprint density at radius 3 is 2.61 bits per heavy atom. The van der Waals surface area contributed by atoms with Crippen molar-refractivity contribution in [1.29, 1.82) is 0 Å². The van der Waals surface area contributed by atoms with Gasteiger partial charge in [-0.2, -0.15) is 0 Å². The largest absolute Gasteiger partial charge is 0.507 e. The lowest BCUT2D eigenvalue weighted by atomic mass is 10.0. The zero-order chi connectivity index (χ0) is 27.1. The van der Waals surface area contributed by atoms with Gasteiger partial charge in [0, 0.05) is 51.9 Å². The number of piperazine rings is 2. The highest BCUT2D eigenvalue weighted by Crippen LogP contribution is 2.46. The monoisotopic (exact) mass is 543 g/mol. The molecule has 4 heterocycles. The molecule has 2 saturated heterocycles. The summed E-state index contributed by atoms with van der Waals surface area (Å²) in [4.78, 5) is 38.7. The summed E-state index contributed by atoms with van der Waals surface area (Å²) in [7, 11) is 0. The van der Waals surface area contributed by atoms with E-state index in [2.05, 4.69) is 25.3 Å². The van der Waals surface area contributed by atoms with Gasteiger partial charge < -0.3 is 24.5 Å². The van der Waals surface area contributed by atoms with Crippen LogP contribution in [0.4, 0.5) is 10.2 Å². The molecule has 202 valence electrons. The number of hydrogen-bond acceptors (Lipinski definition) is 7. The molecule has 0 saturated carbocycles. The second kappa shape index (κ2) is 10.4. The van der Waals surface area contributed by atoms with E-state index in [4.69, 9.17) is 21.3 Å². The van der Waals surface area contributed by atoms with Crippen LogP contribution in [0.3, 0.4) is 0 Å². The topological polar surface area (TPSA) is 89.5 Å². The lowest BCUT2D eigenvalue weighted by Crippen LogP contribution is -2.57. The maximum Gasteiger partial charge on any atom is 0.261 e. The molecule has 38 heavy (non-hydrogen) atoms. The number of pyridine rings is 1. The van der Waals surface area contributed by atoms with Gasteiger partial charge in [0.25, 0.3) is 5.91 Å². The summed E-state index contributed by atoms with van der Waals surface area (Å²) < 4.78 is 21.1. The van der Waals surface area contributed by atoms with Crippen molar-refractivity contribution < 1.29 is 23.8 Å². The Morgan fingerprint density at radius 1 is 1.21 bits per heavy atom. The van der Waals surface area contributed by atoms with Crippen molar-refractivity contribution in [1.82, 2.24) is 19.7 Å². The molecule has 5 rings (SSSR count). The molecular formula is C27H31ClFN5O4. The van der Waals surface area contributed by atoms with E-state index in [1.807, 2.05) is 4.90 Å². The Morgan fingerprint density at radius 2 is 1.95 bits per heavy atom. The predicted molar refractivity (Wildman–Crippen MR) is 142 cm³/mol. The molecule has 1 N–H and O–H groups in total. The van der Waals surface area contributed by atoms with Gasteiger partial charge in [0.15, 0.2) is 5.75 Å². The number of aromatic nitrogens is 1. The molecule has 0 unspecified atom stereocenters. The summed E-state index contributed by atoms with van der Waals surface area (Å²) in [6, 6.07) is 3.95. The molecule has 2 aromatic rings. The van der Waals surface area contributed by atoms with Crippen LogP contribution in [-0.2, 0) is 4.79 Å². The highest BCUT2D eigenvalue weighted by atomic mass is 35.5. The van der Waals surface area contributed by atoms with E-state index in [-0.39, 0.29) is 51.8 Å². The van der Waals surface area contributed by atoms with Crippen LogP contribution in [0.25, 0.3) is 11.3 Å². The van der Waals surface area contributed by atoms with Crippen LogP contribution in [0.2, 0.25) is 5.02 Å². The summed E-state index contributed by atoms with van der Waals surface area (Å²) in [5.74, 6) is -1.05. The Labute approximate surface area is 226 Å². The highest BCUT2D eigenvalue weighted by Gasteiger charge is 2.41. The number of nitrogens with zero attached hydrogens (tertiary/aromatic N) is 5. The normalized spacial score (nSPS) is 20.1. The summed E-state index contributed by atoms with van der Waals surface area (Å²) >= 11 is 6.78. The van der Waals surface area contributed by atoms with E-state index in [9.17, 15) is 19.1 Å². The van der Waals surface area contributed by atoms with Gasteiger partial charge in [-0.25, -0.2) is 9.37 Å². The minimum Gasteiger partial charge on any atom is -0.507 e. The standard InChI is InChI=1S/C27H31ClFN5O4/c1-4-20(36)33-12-13-34-17(14-33)15-38-25-22(27(34)37)26(32-10-8-31(9-11-32)16(2)3)30-24(23(25)28)21-18(29)6-5-7-19(21)35/h4-7,16-17,35H,1,8-15H2,2-3H3/t17-/m1/s1. The Hall–Kier alpha value is -3.37. The first-order valence-electron chi connectivity index (χ1n) is 12.8. The van der Waals surface area contributed by atoms with Crippen LogP contribution < -0.4 is 9.64 Å². The number of amides is 2. The fourth-order valence-corrected chi connectivity index (χ4v) is 5.65. The number of ether oxygens (including phenoxy) is 1. The van der Waals surface area contributed by atoms with Crippen molar-refractivity contribution in [3.05, 3.63) is 47.3 Å². The van der Waals surface area contributed by atoms with E-state index >= 15 is 0 Å². The van der Waals surface area contributed by atoms with E-state index in [1.165, 1.54) is 24.3 Å². The van der Waals surface area contributed by atoms with Gasteiger partial charge >= 0.3 is 0 Å². The first-order chi connectivity index (χ1) is 18.2. The number of fused-ring (bicyclic) bond motifs is 2. The van der Waals surface area contributed by atoms with E-state index in [0.717, 1.165) is 13.1 Å². The number of carbonyl (C=O) groups excluding carboxylic acids is 2.